The van der Waals surface area contributed by atoms with Gasteiger partial charge in [0.05, 0.1) is 10.7 Å². The lowest BCUT2D eigenvalue weighted by Crippen LogP contribution is -2.25. The number of benzene rings is 2. The number of amides is 2. The van der Waals surface area contributed by atoms with Crippen LogP contribution in [0, 0.1) is 11.3 Å². The maximum atomic E-state index is 12.3. The van der Waals surface area contributed by atoms with Crippen LogP contribution >= 0.6 is 11.6 Å². The molecule has 2 aromatic rings. The summed E-state index contributed by atoms with van der Waals surface area (Å²) < 4.78 is 0. The van der Waals surface area contributed by atoms with Crippen molar-refractivity contribution < 1.29 is 9.59 Å². The van der Waals surface area contributed by atoms with Crippen LogP contribution in [0.25, 0.3) is 0 Å². The zero-order valence-corrected chi connectivity index (χ0v) is 14.1. The molecule has 0 saturated carbocycles. The Labute approximate surface area is 150 Å². The lowest BCUT2D eigenvalue weighted by atomic mass is 10.2. The fourth-order valence-corrected chi connectivity index (χ4v) is 2.18. The van der Waals surface area contributed by atoms with Gasteiger partial charge in [0.2, 0.25) is 5.91 Å². The molecule has 0 aromatic heterocycles. The number of nitrogens with two attached hydrogens (primary N) is 1. The van der Waals surface area contributed by atoms with Gasteiger partial charge in [-0.3, -0.25) is 14.5 Å². The summed E-state index contributed by atoms with van der Waals surface area (Å²) in [6, 6.07) is 14.9. The Morgan fingerprint density at radius 2 is 1.84 bits per heavy atom. The number of rotatable bonds is 4. The highest BCUT2D eigenvalue weighted by molar-refractivity contribution is 6.34. The summed E-state index contributed by atoms with van der Waals surface area (Å²) in [6.07, 6.45) is 1.18. The van der Waals surface area contributed by atoms with Gasteiger partial charge >= 0.3 is 0 Å². The Morgan fingerprint density at radius 1 is 1.20 bits per heavy atom. The van der Waals surface area contributed by atoms with E-state index < -0.39 is 5.91 Å². The molecule has 0 radical (unpaired) electrons. The first-order chi connectivity index (χ1) is 11.9. The van der Waals surface area contributed by atoms with E-state index in [0.717, 1.165) is 0 Å². The quantitative estimate of drug-likeness (QED) is 0.499. The number of nitrogens with zero attached hydrogens (tertiary/aromatic N) is 2. The van der Waals surface area contributed by atoms with Crippen LogP contribution in [-0.2, 0) is 9.59 Å². The molecule has 7 heteroatoms. The zero-order chi connectivity index (χ0) is 18.4. The second kappa shape index (κ2) is 7.99. The molecule has 25 heavy (non-hydrogen) atoms. The van der Waals surface area contributed by atoms with E-state index in [4.69, 9.17) is 17.3 Å². The van der Waals surface area contributed by atoms with Crippen molar-refractivity contribution in [3.63, 3.8) is 0 Å². The molecule has 0 unspecified atom stereocenters. The van der Waals surface area contributed by atoms with Crippen LogP contribution in [-0.4, -0.2) is 11.8 Å². The largest absolute Gasteiger partial charge is 0.399 e. The average Bonchev–Trinajstić information content (AvgIpc) is 2.58. The minimum atomic E-state index is -0.669. The number of halogens is 1. The Morgan fingerprint density at radius 3 is 2.40 bits per heavy atom. The van der Waals surface area contributed by atoms with Crippen LogP contribution < -0.4 is 16.0 Å². The molecule has 0 atom stereocenters. The number of nitriles is 1. The number of carbonyl (C=O) groups excluding carboxylic acids is 2. The molecular weight excluding hydrogens is 340 g/mol. The third-order valence-corrected chi connectivity index (χ3v) is 3.59. The lowest BCUT2D eigenvalue weighted by Gasteiger charge is -2.17. The highest BCUT2D eigenvalue weighted by atomic mass is 35.5. The standard InChI is InChI=1S/C18H15ClN4O2/c1-12(24)23(15-8-6-14(21)7-9-15)11-13(10-20)18(25)22-17-5-3-2-4-16(17)19/h2-9,11H,21H2,1H3,(H,22,25)/b13-11-. The Hall–Kier alpha value is -3.30. The summed E-state index contributed by atoms with van der Waals surface area (Å²) in [5.41, 5.74) is 6.78. The number of para-hydroxylation sites is 1. The molecule has 6 nitrogen and oxygen atoms in total. The van der Waals surface area contributed by atoms with Crippen molar-refractivity contribution in [3.05, 3.63) is 65.3 Å². The van der Waals surface area contributed by atoms with Gasteiger partial charge in [0.1, 0.15) is 11.6 Å². The highest BCUT2D eigenvalue weighted by Gasteiger charge is 2.16. The number of hydrogen-bond donors (Lipinski definition) is 2. The number of nitrogen functional groups attached to an aromatic ring is 1. The summed E-state index contributed by atoms with van der Waals surface area (Å²) in [7, 11) is 0. The van der Waals surface area contributed by atoms with Gasteiger partial charge in [-0.25, -0.2) is 0 Å². The molecule has 0 spiro atoms. The minimum absolute atomic E-state index is 0.244. The van der Waals surface area contributed by atoms with Crippen LogP contribution in [0.2, 0.25) is 5.02 Å². The molecule has 0 fully saturated rings. The first kappa shape index (κ1) is 18.0. The zero-order valence-electron chi connectivity index (χ0n) is 13.4. The monoisotopic (exact) mass is 354 g/mol. The van der Waals surface area contributed by atoms with Gasteiger partial charge in [0.25, 0.3) is 5.91 Å². The van der Waals surface area contributed by atoms with Crippen molar-refractivity contribution >= 4 is 40.5 Å². The smallest absolute Gasteiger partial charge is 0.267 e. The van der Waals surface area contributed by atoms with E-state index in [1.165, 1.54) is 18.0 Å². The SMILES string of the molecule is CC(=O)N(/C=C(/C#N)C(=O)Nc1ccccc1Cl)c1ccc(N)cc1. The lowest BCUT2D eigenvalue weighted by molar-refractivity contribution is -0.116. The number of carbonyl (C=O) groups is 2. The first-order valence-corrected chi connectivity index (χ1v) is 7.63. The second-order valence-corrected chi connectivity index (χ2v) is 5.48. The van der Waals surface area contributed by atoms with Crippen LogP contribution in [0.4, 0.5) is 17.1 Å². The molecular formula is C18H15ClN4O2. The summed E-state index contributed by atoms with van der Waals surface area (Å²) in [5, 5.41) is 12.2. The van der Waals surface area contributed by atoms with Crippen LogP contribution in [0.3, 0.4) is 0 Å². The molecule has 0 aliphatic rings. The maximum Gasteiger partial charge on any atom is 0.267 e. The molecule has 126 valence electrons. The predicted molar refractivity (Wildman–Crippen MR) is 97.8 cm³/mol. The van der Waals surface area contributed by atoms with Gasteiger partial charge in [-0.2, -0.15) is 5.26 Å². The van der Waals surface area contributed by atoms with Gasteiger partial charge in [-0.05, 0) is 36.4 Å². The number of hydrogen-bond acceptors (Lipinski definition) is 4. The fraction of sp³-hybridized carbons (Fsp3) is 0.0556. The molecule has 0 heterocycles. The van der Waals surface area contributed by atoms with Gasteiger partial charge in [-0.1, -0.05) is 23.7 Å². The van der Waals surface area contributed by atoms with E-state index in [9.17, 15) is 14.9 Å². The molecule has 2 aromatic carbocycles. The van der Waals surface area contributed by atoms with E-state index in [1.54, 1.807) is 54.6 Å². The highest BCUT2D eigenvalue weighted by Crippen LogP contribution is 2.22. The van der Waals surface area contributed by atoms with Gasteiger partial charge < -0.3 is 11.1 Å². The fourth-order valence-electron chi connectivity index (χ4n) is 2.00. The topological polar surface area (TPSA) is 99.2 Å². The molecule has 0 bridgehead atoms. The van der Waals surface area contributed by atoms with E-state index in [1.807, 2.05) is 0 Å². The molecule has 2 amide bonds. The average molecular weight is 355 g/mol. The van der Waals surface area contributed by atoms with Gasteiger partial charge in [-0.15, -0.1) is 0 Å². The van der Waals surface area contributed by atoms with E-state index >= 15 is 0 Å². The molecule has 0 aliphatic heterocycles. The summed E-state index contributed by atoms with van der Waals surface area (Å²) in [6.45, 7) is 1.33. The van der Waals surface area contributed by atoms with Crippen molar-refractivity contribution in [1.82, 2.24) is 0 Å². The third kappa shape index (κ3) is 4.59. The number of anilines is 3. The summed E-state index contributed by atoms with van der Waals surface area (Å²) in [4.78, 5) is 25.4. The van der Waals surface area contributed by atoms with Crippen molar-refractivity contribution in [1.29, 1.82) is 5.26 Å². The van der Waals surface area contributed by atoms with Gasteiger partial charge in [0.15, 0.2) is 0 Å². The van der Waals surface area contributed by atoms with Crippen molar-refractivity contribution in [2.75, 3.05) is 16.0 Å². The maximum absolute atomic E-state index is 12.3. The van der Waals surface area contributed by atoms with E-state index in [0.29, 0.717) is 22.1 Å². The Balaban J connectivity index is 2.31. The summed E-state index contributed by atoms with van der Waals surface area (Å²) >= 11 is 5.99. The normalized spacial score (nSPS) is 10.7. The van der Waals surface area contributed by atoms with Crippen LogP contribution in [0.15, 0.2) is 60.3 Å². The Bertz CT molecular complexity index is 869. The molecule has 2 rings (SSSR count). The van der Waals surface area contributed by atoms with E-state index in [2.05, 4.69) is 5.32 Å². The van der Waals surface area contributed by atoms with Crippen molar-refractivity contribution in [3.8, 4) is 6.07 Å². The Kier molecular flexibility index (Phi) is 5.77. The molecule has 0 saturated heterocycles. The third-order valence-electron chi connectivity index (χ3n) is 3.26. The van der Waals surface area contributed by atoms with Crippen molar-refractivity contribution in [2.45, 2.75) is 6.92 Å². The van der Waals surface area contributed by atoms with Crippen molar-refractivity contribution in [2.24, 2.45) is 0 Å². The minimum Gasteiger partial charge on any atom is -0.399 e. The molecule has 3 N–H and O–H groups in total. The predicted octanol–water partition coefficient (Wildman–Crippen LogP) is 3.32. The summed E-state index contributed by atoms with van der Waals surface area (Å²) in [5.74, 6) is -1.03. The van der Waals surface area contributed by atoms with Crippen LogP contribution in [0.1, 0.15) is 6.92 Å². The van der Waals surface area contributed by atoms with Gasteiger partial charge in [0, 0.05) is 24.5 Å². The van der Waals surface area contributed by atoms with E-state index in [-0.39, 0.29) is 11.5 Å². The van der Waals surface area contributed by atoms with Crippen LogP contribution in [0.5, 0.6) is 0 Å². The first-order valence-electron chi connectivity index (χ1n) is 7.25. The molecule has 0 aliphatic carbocycles. The second-order valence-electron chi connectivity index (χ2n) is 5.07. The number of nitrogens with one attached hydrogen (secondary N) is 1.